The fraction of sp³-hybridized carbons (Fsp3) is 0.389. The number of thioether (sulfide) groups is 1. The number of carbonyl (C=O) groups excluding carboxylic acids is 1. The molecule has 1 aromatic carbocycles. The lowest BCUT2D eigenvalue weighted by atomic mass is 10.1. The molecule has 0 radical (unpaired) electrons. The molecule has 0 saturated carbocycles. The van der Waals surface area contributed by atoms with E-state index >= 15 is 0 Å². The minimum Gasteiger partial charge on any atom is -0.343 e. The molecule has 0 aliphatic heterocycles. The van der Waals surface area contributed by atoms with Crippen molar-refractivity contribution in [3.63, 3.8) is 0 Å². The van der Waals surface area contributed by atoms with Crippen LogP contribution in [0.1, 0.15) is 30.7 Å². The fourth-order valence-corrected chi connectivity index (χ4v) is 3.25. The second-order valence-electron chi connectivity index (χ2n) is 5.45. The lowest BCUT2D eigenvalue weighted by Gasteiger charge is -2.18. The topological polar surface area (TPSA) is 46.1 Å². The van der Waals surface area contributed by atoms with E-state index in [1.54, 1.807) is 0 Å². The van der Waals surface area contributed by atoms with Gasteiger partial charge >= 0.3 is 0 Å². The highest BCUT2D eigenvalue weighted by Crippen LogP contribution is 2.20. The highest BCUT2D eigenvalue weighted by molar-refractivity contribution is 7.99. The maximum atomic E-state index is 12.1. The number of nitrogens with zero attached hydrogens (tertiary/aromatic N) is 3. The summed E-state index contributed by atoms with van der Waals surface area (Å²) >= 11 is 7.37. The van der Waals surface area contributed by atoms with Gasteiger partial charge in [0.05, 0.1) is 11.4 Å². The van der Waals surface area contributed by atoms with E-state index < -0.39 is 0 Å². The third-order valence-corrected chi connectivity index (χ3v) is 4.97. The molecule has 0 atom stereocenters. The van der Waals surface area contributed by atoms with E-state index in [0.29, 0.717) is 5.75 Å². The van der Waals surface area contributed by atoms with Crippen molar-refractivity contribution in [2.45, 2.75) is 32.2 Å². The SMILES string of the molecule is CCN(CC)C(=O)CSc1cc(Cc2ccc(Cl)cc2)c(C)nn1. The van der Waals surface area contributed by atoms with E-state index in [-0.39, 0.29) is 5.91 Å². The van der Waals surface area contributed by atoms with E-state index in [1.165, 1.54) is 17.3 Å². The average Bonchev–Trinajstić information content (AvgIpc) is 2.58. The first-order valence-corrected chi connectivity index (χ1v) is 9.38. The van der Waals surface area contributed by atoms with Crippen molar-refractivity contribution in [3.05, 3.63) is 52.2 Å². The molecule has 2 aromatic rings. The first-order valence-electron chi connectivity index (χ1n) is 8.01. The number of carbonyl (C=O) groups is 1. The number of aromatic nitrogens is 2. The molecule has 0 spiro atoms. The molecule has 0 fully saturated rings. The summed E-state index contributed by atoms with van der Waals surface area (Å²) in [6.07, 6.45) is 0.774. The number of rotatable bonds is 7. The number of hydrogen-bond donors (Lipinski definition) is 0. The first-order chi connectivity index (χ1) is 11.5. The highest BCUT2D eigenvalue weighted by atomic mass is 35.5. The predicted molar refractivity (Wildman–Crippen MR) is 99.7 cm³/mol. The average molecular weight is 364 g/mol. The van der Waals surface area contributed by atoms with Gasteiger partial charge in [-0.05, 0) is 56.5 Å². The molecule has 0 bridgehead atoms. The Morgan fingerprint density at radius 2 is 1.83 bits per heavy atom. The number of benzene rings is 1. The van der Waals surface area contributed by atoms with Crippen LogP contribution in [0.4, 0.5) is 0 Å². The van der Waals surface area contributed by atoms with Crippen molar-refractivity contribution in [3.8, 4) is 0 Å². The van der Waals surface area contributed by atoms with Crippen LogP contribution < -0.4 is 0 Å². The Balaban J connectivity index is 2.05. The first kappa shape index (κ1) is 18.7. The van der Waals surface area contributed by atoms with Crippen molar-refractivity contribution in [2.24, 2.45) is 0 Å². The summed E-state index contributed by atoms with van der Waals surface area (Å²) in [7, 11) is 0. The van der Waals surface area contributed by atoms with Crippen LogP contribution in [0.2, 0.25) is 5.02 Å². The van der Waals surface area contributed by atoms with Crippen molar-refractivity contribution >= 4 is 29.3 Å². The van der Waals surface area contributed by atoms with Crippen LogP contribution in [0.15, 0.2) is 35.4 Å². The smallest absolute Gasteiger partial charge is 0.232 e. The van der Waals surface area contributed by atoms with Gasteiger partial charge in [0, 0.05) is 18.1 Å². The lowest BCUT2D eigenvalue weighted by molar-refractivity contribution is -0.127. The molecule has 2 rings (SSSR count). The summed E-state index contributed by atoms with van der Waals surface area (Å²) in [6, 6.07) is 9.83. The zero-order chi connectivity index (χ0) is 17.5. The van der Waals surface area contributed by atoms with Crippen LogP contribution in [-0.4, -0.2) is 39.8 Å². The molecular formula is C18H22ClN3OS. The Bertz CT molecular complexity index is 687. The van der Waals surface area contributed by atoms with Crippen molar-refractivity contribution < 1.29 is 4.79 Å². The molecule has 0 aliphatic carbocycles. The summed E-state index contributed by atoms with van der Waals surface area (Å²) in [6.45, 7) is 7.40. The van der Waals surface area contributed by atoms with Crippen molar-refractivity contribution in [1.82, 2.24) is 15.1 Å². The van der Waals surface area contributed by atoms with Gasteiger partial charge in [0.2, 0.25) is 5.91 Å². The number of amides is 1. The molecule has 4 nitrogen and oxygen atoms in total. The van der Waals surface area contributed by atoms with E-state index in [1.807, 2.05) is 56.0 Å². The van der Waals surface area contributed by atoms with Gasteiger partial charge in [-0.25, -0.2) is 0 Å². The van der Waals surface area contributed by atoms with Gasteiger partial charge in [-0.15, -0.1) is 5.10 Å². The zero-order valence-electron chi connectivity index (χ0n) is 14.3. The summed E-state index contributed by atoms with van der Waals surface area (Å²) in [5, 5.41) is 9.95. The maximum absolute atomic E-state index is 12.1. The van der Waals surface area contributed by atoms with Gasteiger partial charge in [0.25, 0.3) is 0 Å². The second kappa shape index (κ2) is 9.04. The van der Waals surface area contributed by atoms with Crippen LogP contribution in [0.3, 0.4) is 0 Å². The number of hydrogen-bond acceptors (Lipinski definition) is 4. The molecule has 1 aromatic heterocycles. The summed E-state index contributed by atoms with van der Waals surface area (Å²) < 4.78 is 0. The Kier molecular flexibility index (Phi) is 7.06. The molecule has 0 unspecified atom stereocenters. The van der Waals surface area contributed by atoms with Gasteiger partial charge in [-0.3, -0.25) is 4.79 Å². The van der Waals surface area contributed by atoms with Gasteiger partial charge < -0.3 is 4.90 Å². The maximum Gasteiger partial charge on any atom is 0.232 e. The zero-order valence-corrected chi connectivity index (χ0v) is 15.8. The van der Waals surface area contributed by atoms with Gasteiger partial charge in [-0.1, -0.05) is 35.5 Å². The third-order valence-electron chi connectivity index (χ3n) is 3.83. The minimum absolute atomic E-state index is 0.131. The van der Waals surface area contributed by atoms with Crippen LogP contribution >= 0.6 is 23.4 Å². The quantitative estimate of drug-likeness (QED) is 0.698. The van der Waals surface area contributed by atoms with Gasteiger partial charge in [-0.2, -0.15) is 5.10 Å². The Morgan fingerprint density at radius 3 is 2.46 bits per heavy atom. The minimum atomic E-state index is 0.131. The van der Waals surface area contributed by atoms with E-state index in [4.69, 9.17) is 11.6 Å². The molecule has 6 heteroatoms. The van der Waals surface area contributed by atoms with Crippen LogP contribution in [-0.2, 0) is 11.2 Å². The fourth-order valence-electron chi connectivity index (χ4n) is 2.35. The molecule has 0 saturated heterocycles. The van der Waals surface area contributed by atoms with E-state index in [0.717, 1.165) is 40.8 Å². The standard InChI is InChI=1S/C18H22ClN3OS/c1-4-22(5-2)18(23)12-24-17-11-15(13(3)20-21-17)10-14-6-8-16(19)9-7-14/h6-9,11H,4-5,10,12H2,1-3H3. The largest absolute Gasteiger partial charge is 0.343 e. The van der Waals surface area contributed by atoms with Crippen LogP contribution in [0, 0.1) is 6.92 Å². The molecule has 0 aliphatic rings. The van der Waals surface area contributed by atoms with Crippen LogP contribution in [0.5, 0.6) is 0 Å². The monoisotopic (exact) mass is 363 g/mol. The number of halogens is 1. The highest BCUT2D eigenvalue weighted by Gasteiger charge is 2.12. The Morgan fingerprint density at radius 1 is 1.17 bits per heavy atom. The molecule has 1 amide bonds. The van der Waals surface area contributed by atoms with E-state index in [9.17, 15) is 4.79 Å². The molecule has 1 heterocycles. The predicted octanol–water partition coefficient (Wildman–Crippen LogP) is 3.99. The number of aryl methyl sites for hydroxylation is 1. The Labute approximate surface area is 152 Å². The lowest BCUT2D eigenvalue weighted by Crippen LogP contribution is -2.31. The Hall–Kier alpha value is -1.59. The summed E-state index contributed by atoms with van der Waals surface area (Å²) in [5.74, 6) is 0.520. The van der Waals surface area contributed by atoms with Crippen molar-refractivity contribution in [2.75, 3.05) is 18.8 Å². The second-order valence-corrected chi connectivity index (χ2v) is 6.88. The molecule has 24 heavy (non-hydrogen) atoms. The summed E-state index contributed by atoms with van der Waals surface area (Å²) in [5.41, 5.74) is 3.19. The molecule has 0 N–H and O–H groups in total. The van der Waals surface area contributed by atoms with Gasteiger partial charge in [0.1, 0.15) is 5.03 Å². The summed E-state index contributed by atoms with van der Waals surface area (Å²) in [4.78, 5) is 13.9. The van der Waals surface area contributed by atoms with Gasteiger partial charge in [0.15, 0.2) is 0 Å². The third kappa shape index (κ3) is 5.21. The van der Waals surface area contributed by atoms with Crippen LogP contribution in [0.25, 0.3) is 0 Å². The van der Waals surface area contributed by atoms with E-state index in [2.05, 4.69) is 10.2 Å². The van der Waals surface area contributed by atoms with Crippen molar-refractivity contribution in [1.29, 1.82) is 0 Å². The molecular weight excluding hydrogens is 342 g/mol. The normalized spacial score (nSPS) is 10.7. The molecule has 128 valence electrons.